The Balaban J connectivity index is 0.913. The Hall–Kier alpha value is -7.92. The quantitative estimate of drug-likeness (QED) is 0.0219. The molecule has 0 fully saturated rings. The number of para-hydroxylation sites is 4. The first-order valence-electron chi connectivity index (χ1n) is 26.1. The van der Waals surface area contributed by atoms with E-state index in [1.54, 1.807) is 88.4 Å². The van der Waals surface area contributed by atoms with Gasteiger partial charge in [-0.3, -0.25) is 38.7 Å². The molecule has 0 aliphatic heterocycles. The highest BCUT2D eigenvalue weighted by Gasteiger charge is 2.33. The number of esters is 2. The van der Waals surface area contributed by atoms with Gasteiger partial charge in [0.1, 0.15) is 23.0 Å². The summed E-state index contributed by atoms with van der Waals surface area (Å²) in [5.74, 6) is -7.03. The average molecular weight is 1110 g/mol. The third-order valence-electron chi connectivity index (χ3n) is 13.5. The smallest absolute Gasteiger partial charge is 0.308 e. The van der Waals surface area contributed by atoms with Crippen molar-refractivity contribution in [2.45, 2.75) is 127 Å². The molecule has 0 spiro atoms. The van der Waals surface area contributed by atoms with E-state index < -0.39 is 108 Å². The monoisotopic (exact) mass is 1110 g/mol. The van der Waals surface area contributed by atoms with Crippen molar-refractivity contribution in [2.75, 3.05) is 13.6 Å². The van der Waals surface area contributed by atoms with Crippen LogP contribution in [0.2, 0.25) is 0 Å². The highest BCUT2D eigenvalue weighted by Crippen LogP contribution is 2.27. The zero-order valence-electron chi connectivity index (χ0n) is 45.0. The molecule has 0 bridgehead atoms. The number of benzene rings is 4. The highest BCUT2D eigenvalue weighted by atomic mass is 19.1. The zero-order valence-corrected chi connectivity index (χ0v) is 45.0. The predicted octanol–water partition coefficient (Wildman–Crippen LogP) is 5.87. The van der Waals surface area contributed by atoms with Gasteiger partial charge in [-0.15, -0.1) is 0 Å². The number of aromatic nitrogens is 4. The Morgan fingerprint density at radius 1 is 0.562 bits per heavy atom. The summed E-state index contributed by atoms with van der Waals surface area (Å²) in [7, 11) is 0. The van der Waals surface area contributed by atoms with E-state index in [1.807, 2.05) is 0 Å². The molecule has 0 saturated heterocycles. The van der Waals surface area contributed by atoms with Crippen molar-refractivity contribution in [2.24, 2.45) is 23.3 Å². The van der Waals surface area contributed by atoms with Crippen LogP contribution in [0.15, 0.2) is 109 Å². The molecule has 6 rings (SSSR count). The third-order valence-corrected chi connectivity index (χ3v) is 13.5. The molecule has 0 saturated carbocycles. The van der Waals surface area contributed by atoms with Crippen LogP contribution in [-0.2, 0) is 51.0 Å². The van der Waals surface area contributed by atoms with Gasteiger partial charge in [0.25, 0.3) is 11.8 Å². The largest absolute Gasteiger partial charge is 0.438 e. The van der Waals surface area contributed by atoms with Gasteiger partial charge in [-0.05, 0) is 139 Å². The summed E-state index contributed by atoms with van der Waals surface area (Å²) in [5, 5.41) is 28.6. The van der Waals surface area contributed by atoms with Crippen LogP contribution in [-0.4, -0.2) is 115 Å². The van der Waals surface area contributed by atoms with Gasteiger partial charge in [-0.1, -0.05) is 48.5 Å². The van der Waals surface area contributed by atoms with Gasteiger partial charge < -0.3 is 51.3 Å². The maximum Gasteiger partial charge on any atom is 0.308 e. The third kappa shape index (κ3) is 19.5. The van der Waals surface area contributed by atoms with Gasteiger partial charge in [0.15, 0.2) is 13.6 Å². The minimum absolute atomic E-state index is 0.00787. The summed E-state index contributed by atoms with van der Waals surface area (Å²) in [5.41, 5.74) is 12.7. The summed E-state index contributed by atoms with van der Waals surface area (Å²) >= 11 is 0. The number of carbonyl (C=O) groups excluding carboxylic acids is 6. The van der Waals surface area contributed by atoms with Crippen molar-refractivity contribution in [3.05, 3.63) is 144 Å². The number of primary amides is 2. The maximum absolute atomic E-state index is 14.2. The maximum atomic E-state index is 14.2. The van der Waals surface area contributed by atoms with Gasteiger partial charge in [0, 0.05) is 11.8 Å². The molecule has 0 aliphatic rings. The molecule has 0 aliphatic carbocycles. The number of ether oxygens (including phenoxy) is 4. The van der Waals surface area contributed by atoms with Crippen LogP contribution >= 0.6 is 0 Å². The van der Waals surface area contributed by atoms with E-state index in [9.17, 15) is 47.8 Å². The molecule has 6 unspecified atom stereocenters. The standard InChI is InChI=1S/C58H68F2N8O12/c1-57(2,23-21-37(53(61)73)29-49(69)45(27-35-11-9-13-39(59)25-35)67-55(75)47-31-63-41-15-5-7-17-43(41)65-47)79-33-77-51(71)19-20-52(72)78-34-80-58(3,4)24-22-38(54(62)74)30-50(70)46(28-36-12-10-14-40(60)26-36)68-56(76)48-32-64-42-16-6-8-18-44(42)66-48/h5-18,25-26,31-32,37-38,45-46,49-50,69-70H,19-24,27-30,33-34H2,1-4H3,(H2,61,73)(H2,62,74)(H,67,75)(H,68,76). The Kier molecular flexibility index (Phi) is 22.1. The van der Waals surface area contributed by atoms with Gasteiger partial charge in [-0.25, -0.2) is 18.7 Å². The fraction of sp³-hybridized carbons (Fsp3) is 0.414. The summed E-state index contributed by atoms with van der Waals surface area (Å²) in [6, 6.07) is 23.4. The van der Waals surface area contributed by atoms with Gasteiger partial charge in [-0.2, -0.15) is 0 Å². The molecular formula is C58H68F2N8O12. The number of hydrogen-bond acceptors (Lipinski definition) is 16. The normalized spacial score (nSPS) is 14.1. The topological polar surface area (TPSA) is 307 Å². The van der Waals surface area contributed by atoms with E-state index in [2.05, 4.69) is 30.6 Å². The number of fused-ring (bicyclic) bond motifs is 2. The first-order valence-corrected chi connectivity index (χ1v) is 26.1. The zero-order chi connectivity index (χ0) is 58.0. The van der Waals surface area contributed by atoms with Gasteiger partial charge >= 0.3 is 11.9 Å². The van der Waals surface area contributed by atoms with E-state index in [1.165, 1.54) is 48.8 Å². The van der Waals surface area contributed by atoms with E-state index in [0.29, 0.717) is 33.2 Å². The fourth-order valence-electron chi connectivity index (χ4n) is 8.73. The highest BCUT2D eigenvalue weighted by molar-refractivity contribution is 5.94. The molecule has 4 aromatic carbocycles. The van der Waals surface area contributed by atoms with Crippen molar-refractivity contribution in [1.29, 1.82) is 0 Å². The van der Waals surface area contributed by atoms with Crippen LogP contribution in [0.25, 0.3) is 22.1 Å². The van der Waals surface area contributed by atoms with Crippen LogP contribution < -0.4 is 22.1 Å². The Bertz CT molecular complexity index is 2910. The number of nitrogens with zero attached hydrogens (tertiary/aromatic N) is 4. The van der Waals surface area contributed by atoms with E-state index in [0.717, 1.165) is 0 Å². The van der Waals surface area contributed by atoms with Crippen LogP contribution in [0.3, 0.4) is 0 Å². The number of halogens is 2. The van der Waals surface area contributed by atoms with Crippen molar-refractivity contribution in [3.63, 3.8) is 0 Å². The number of carbonyl (C=O) groups is 6. The fourth-order valence-corrected chi connectivity index (χ4v) is 8.73. The van der Waals surface area contributed by atoms with Crippen molar-refractivity contribution >= 4 is 57.6 Å². The summed E-state index contributed by atoms with van der Waals surface area (Å²) in [6.45, 7) is 5.80. The molecule has 426 valence electrons. The Morgan fingerprint density at radius 2 is 0.938 bits per heavy atom. The van der Waals surface area contributed by atoms with Crippen LogP contribution in [0.1, 0.15) is 111 Å². The number of aliphatic hydroxyl groups excluding tert-OH is 2. The minimum Gasteiger partial charge on any atom is -0.438 e. The summed E-state index contributed by atoms with van der Waals surface area (Å²) < 4.78 is 50.3. The van der Waals surface area contributed by atoms with Crippen molar-refractivity contribution in [1.82, 2.24) is 30.6 Å². The molecule has 80 heavy (non-hydrogen) atoms. The molecular weight excluding hydrogens is 1040 g/mol. The molecule has 22 heteroatoms. The summed E-state index contributed by atoms with van der Waals surface area (Å²) in [4.78, 5) is 94.8. The van der Waals surface area contributed by atoms with Crippen molar-refractivity contribution < 1.29 is 66.7 Å². The molecule has 0 radical (unpaired) electrons. The average Bonchev–Trinajstić information content (AvgIpc) is 3.42. The lowest BCUT2D eigenvalue weighted by atomic mass is 9.87. The van der Waals surface area contributed by atoms with Gasteiger partial charge in [0.05, 0.1) is 82.8 Å². The molecule has 6 atom stereocenters. The predicted molar refractivity (Wildman–Crippen MR) is 288 cm³/mol. The lowest BCUT2D eigenvalue weighted by molar-refractivity contribution is -0.176. The van der Waals surface area contributed by atoms with Crippen LogP contribution in [0, 0.1) is 23.5 Å². The molecule has 8 N–H and O–H groups in total. The first-order chi connectivity index (χ1) is 38.0. The lowest BCUT2D eigenvalue weighted by Gasteiger charge is -2.29. The Labute approximate surface area is 461 Å². The van der Waals surface area contributed by atoms with Crippen LogP contribution in [0.4, 0.5) is 8.78 Å². The molecule has 4 amide bonds. The molecule has 6 aromatic rings. The number of aliphatic hydroxyl groups is 2. The second-order valence-electron chi connectivity index (χ2n) is 20.8. The Morgan fingerprint density at radius 3 is 1.30 bits per heavy atom. The van der Waals surface area contributed by atoms with Crippen LogP contribution in [0.5, 0.6) is 0 Å². The second kappa shape index (κ2) is 28.8. The van der Waals surface area contributed by atoms with E-state index in [-0.39, 0.29) is 75.6 Å². The second-order valence-corrected chi connectivity index (χ2v) is 20.8. The lowest BCUT2D eigenvalue weighted by Crippen LogP contribution is -2.46. The molecule has 2 aromatic heterocycles. The molecule has 2 heterocycles. The minimum atomic E-state index is -1.32. The van der Waals surface area contributed by atoms with E-state index in [4.69, 9.17) is 30.4 Å². The number of amides is 4. The van der Waals surface area contributed by atoms with Gasteiger partial charge in [0.2, 0.25) is 11.8 Å². The number of rotatable bonds is 31. The number of nitrogens with one attached hydrogen (secondary N) is 2. The number of hydrogen-bond donors (Lipinski definition) is 6. The SMILES string of the molecule is CC(C)(CCC(CC(O)C(Cc1cccc(F)c1)NC(=O)c1cnc2ccccc2n1)C(N)=O)OCOC(=O)CCC(=O)OCOC(C)(C)CCC(CC(O)C(Cc1cccc(F)c1)NC(=O)c1cnc2ccccc2n1)C(N)=O. The summed E-state index contributed by atoms with van der Waals surface area (Å²) in [6.07, 6.45) is -0.344. The van der Waals surface area contributed by atoms with E-state index >= 15 is 0 Å². The number of nitrogens with two attached hydrogens (primary N) is 2. The van der Waals surface area contributed by atoms with Crippen molar-refractivity contribution in [3.8, 4) is 0 Å². The molecule has 20 nitrogen and oxygen atoms in total. The first kappa shape index (κ1) is 61.3.